The first-order chi connectivity index (χ1) is 16.5. The van der Waals surface area contributed by atoms with Crippen LogP contribution in [0.15, 0.2) is 77.9 Å². The number of hydrazone groups is 1. The molecular weight excluding hydrogens is 441 g/mol. The van der Waals surface area contributed by atoms with Gasteiger partial charge in [-0.2, -0.15) is 5.10 Å². The quantitative estimate of drug-likeness (QED) is 0.288. The largest absolute Gasteiger partial charge is 0.488 e. The number of hydrogen-bond acceptors (Lipinski definition) is 6. The van der Waals surface area contributed by atoms with Crippen molar-refractivity contribution in [1.29, 1.82) is 0 Å². The molecule has 0 unspecified atom stereocenters. The Hall–Kier alpha value is -4.53. The van der Waals surface area contributed by atoms with Crippen LogP contribution in [0.2, 0.25) is 0 Å². The molecule has 0 radical (unpaired) electrons. The van der Waals surface area contributed by atoms with Crippen LogP contribution in [0.25, 0.3) is 0 Å². The van der Waals surface area contributed by atoms with Crippen molar-refractivity contribution in [3.05, 3.63) is 101 Å². The highest BCUT2D eigenvalue weighted by Crippen LogP contribution is 2.18. The van der Waals surface area contributed by atoms with E-state index in [9.17, 15) is 18.8 Å². The normalized spacial score (nSPS) is 10.5. The maximum atomic E-state index is 12.9. The molecule has 2 amide bonds. The van der Waals surface area contributed by atoms with E-state index in [2.05, 4.69) is 20.6 Å². The Bertz CT molecular complexity index is 1180. The van der Waals surface area contributed by atoms with Crippen LogP contribution in [0.3, 0.4) is 0 Å². The average molecular weight is 463 g/mol. The smallest absolute Gasteiger partial charge is 0.337 e. The number of nitrogens with zero attached hydrogens (tertiary/aromatic N) is 1. The number of esters is 1. The van der Waals surface area contributed by atoms with Crippen LogP contribution in [0.1, 0.15) is 31.8 Å². The lowest BCUT2D eigenvalue weighted by atomic mass is 10.1. The van der Waals surface area contributed by atoms with E-state index < -0.39 is 23.6 Å². The van der Waals surface area contributed by atoms with Crippen molar-refractivity contribution in [1.82, 2.24) is 10.7 Å². The summed E-state index contributed by atoms with van der Waals surface area (Å²) in [5.41, 5.74) is 4.49. The minimum Gasteiger partial charge on any atom is -0.488 e. The maximum absolute atomic E-state index is 12.9. The summed E-state index contributed by atoms with van der Waals surface area (Å²) in [4.78, 5) is 35.4. The van der Waals surface area contributed by atoms with Crippen LogP contribution in [0.5, 0.6) is 5.75 Å². The van der Waals surface area contributed by atoms with Gasteiger partial charge in [0.25, 0.3) is 11.8 Å². The van der Waals surface area contributed by atoms with Crippen LogP contribution in [0, 0.1) is 5.82 Å². The van der Waals surface area contributed by atoms with E-state index in [0.29, 0.717) is 16.9 Å². The number of benzene rings is 3. The van der Waals surface area contributed by atoms with E-state index in [1.54, 1.807) is 48.5 Å². The summed E-state index contributed by atoms with van der Waals surface area (Å²) in [7, 11) is 1.32. The number of hydrogen-bond donors (Lipinski definition) is 2. The van der Waals surface area contributed by atoms with Crippen molar-refractivity contribution in [2.75, 3.05) is 13.7 Å². The van der Waals surface area contributed by atoms with Gasteiger partial charge in [0.1, 0.15) is 18.2 Å². The summed E-state index contributed by atoms with van der Waals surface area (Å²) in [6.07, 6.45) is 1.43. The molecule has 0 aliphatic carbocycles. The van der Waals surface area contributed by atoms with E-state index in [0.717, 1.165) is 17.7 Å². The lowest BCUT2D eigenvalue weighted by Crippen LogP contribution is -2.34. The van der Waals surface area contributed by atoms with Gasteiger partial charge in [0.05, 0.1) is 25.4 Å². The van der Waals surface area contributed by atoms with E-state index in [-0.39, 0.29) is 18.7 Å². The van der Waals surface area contributed by atoms with Crippen LogP contribution >= 0.6 is 0 Å². The highest BCUT2D eigenvalue weighted by Gasteiger charge is 2.08. The molecule has 0 aromatic heterocycles. The first-order valence-corrected chi connectivity index (χ1v) is 10.2. The zero-order valence-corrected chi connectivity index (χ0v) is 18.3. The molecule has 34 heavy (non-hydrogen) atoms. The maximum Gasteiger partial charge on any atom is 0.337 e. The van der Waals surface area contributed by atoms with E-state index in [1.165, 1.54) is 25.5 Å². The Morgan fingerprint density at radius 1 is 0.941 bits per heavy atom. The molecule has 0 aliphatic rings. The second-order valence-electron chi connectivity index (χ2n) is 7.00. The van der Waals surface area contributed by atoms with Gasteiger partial charge in [0, 0.05) is 11.1 Å². The Morgan fingerprint density at radius 3 is 2.32 bits per heavy atom. The molecule has 0 saturated heterocycles. The highest BCUT2D eigenvalue weighted by molar-refractivity contribution is 5.96. The number of methoxy groups -OCH3 is 1. The summed E-state index contributed by atoms with van der Waals surface area (Å²) >= 11 is 0. The number of carbonyl (C=O) groups is 3. The second-order valence-corrected chi connectivity index (χ2v) is 7.00. The fraction of sp³-hybridized carbons (Fsp3) is 0.120. The fourth-order valence-electron chi connectivity index (χ4n) is 2.81. The Balaban J connectivity index is 1.50. The molecule has 174 valence electrons. The number of carbonyl (C=O) groups excluding carboxylic acids is 3. The van der Waals surface area contributed by atoms with Gasteiger partial charge in [0.2, 0.25) is 0 Å². The minimum absolute atomic E-state index is 0.240. The molecule has 2 N–H and O–H groups in total. The van der Waals surface area contributed by atoms with Gasteiger partial charge in [0.15, 0.2) is 0 Å². The molecule has 8 nitrogen and oxygen atoms in total. The predicted molar refractivity (Wildman–Crippen MR) is 123 cm³/mol. The molecule has 3 aromatic rings. The van der Waals surface area contributed by atoms with Gasteiger partial charge in [-0.25, -0.2) is 14.6 Å². The highest BCUT2D eigenvalue weighted by atomic mass is 19.1. The zero-order chi connectivity index (χ0) is 24.3. The Morgan fingerprint density at radius 2 is 1.62 bits per heavy atom. The molecule has 0 heterocycles. The molecule has 9 heteroatoms. The number of para-hydroxylation sites is 1. The summed E-state index contributed by atoms with van der Waals surface area (Å²) in [5.74, 6) is -1.36. The lowest BCUT2D eigenvalue weighted by Gasteiger charge is -2.09. The predicted octanol–water partition coefficient (Wildman–Crippen LogP) is 3.07. The topological polar surface area (TPSA) is 106 Å². The molecular formula is C25H22FN3O5. The number of amides is 2. The molecule has 0 fully saturated rings. The number of ether oxygens (including phenoxy) is 2. The van der Waals surface area contributed by atoms with Crippen molar-refractivity contribution in [2.45, 2.75) is 6.61 Å². The minimum atomic E-state index is -0.532. The van der Waals surface area contributed by atoms with Crippen molar-refractivity contribution >= 4 is 24.0 Å². The van der Waals surface area contributed by atoms with E-state index in [1.807, 2.05) is 0 Å². The summed E-state index contributed by atoms with van der Waals surface area (Å²) in [5, 5.41) is 6.33. The first-order valence-electron chi connectivity index (χ1n) is 10.2. The van der Waals surface area contributed by atoms with Gasteiger partial charge in [-0.05, 0) is 54.1 Å². The van der Waals surface area contributed by atoms with Crippen molar-refractivity contribution in [3.8, 4) is 5.75 Å². The van der Waals surface area contributed by atoms with Crippen molar-refractivity contribution in [3.63, 3.8) is 0 Å². The third-order valence-electron chi connectivity index (χ3n) is 4.60. The van der Waals surface area contributed by atoms with E-state index in [4.69, 9.17) is 4.74 Å². The van der Waals surface area contributed by atoms with Crippen molar-refractivity contribution in [2.24, 2.45) is 5.10 Å². The molecule has 0 aliphatic heterocycles. The molecule has 0 bridgehead atoms. The van der Waals surface area contributed by atoms with Crippen LogP contribution in [-0.2, 0) is 16.1 Å². The average Bonchev–Trinajstić information content (AvgIpc) is 2.87. The first kappa shape index (κ1) is 24.1. The molecule has 0 saturated carbocycles. The van der Waals surface area contributed by atoms with Gasteiger partial charge >= 0.3 is 5.97 Å². The summed E-state index contributed by atoms with van der Waals surface area (Å²) in [6, 6.07) is 18.9. The van der Waals surface area contributed by atoms with Crippen LogP contribution < -0.4 is 15.5 Å². The molecule has 3 aromatic carbocycles. The number of nitrogens with one attached hydrogen (secondary N) is 2. The molecule has 0 spiro atoms. The Labute approximate surface area is 195 Å². The standard InChI is InChI=1S/C25H22FN3O5/c1-33-25(32)19-8-6-17(7-9-19)16-34-22-5-3-2-4-20(22)14-28-29-23(30)15-27-24(31)18-10-12-21(26)13-11-18/h2-14H,15-16H2,1H3,(H,27,31)(H,29,30)/b28-14+. The van der Waals surface area contributed by atoms with Gasteiger partial charge < -0.3 is 14.8 Å². The number of rotatable bonds is 9. The monoisotopic (exact) mass is 463 g/mol. The Kier molecular flexibility index (Phi) is 8.45. The van der Waals surface area contributed by atoms with Gasteiger partial charge in [-0.15, -0.1) is 0 Å². The zero-order valence-electron chi connectivity index (χ0n) is 18.3. The summed E-state index contributed by atoms with van der Waals surface area (Å²) in [6.45, 7) is -0.0403. The number of halogens is 1. The lowest BCUT2D eigenvalue weighted by molar-refractivity contribution is -0.120. The van der Waals surface area contributed by atoms with Gasteiger partial charge in [-0.3, -0.25) is 9.59 Å². The molecule has 3 rings (SSSR count). The molecule has 0 atom stereocenters. The summed E-state index contributed by atoms with van der Waals surface area (Å²) < 4.78 is 23.4. The van der Waals surface area contributed by atoms with E-state index >= 15 is 0 Å². The second kappa shape index (κ2) is 11.9. The third kappa shape index (κ3) is 6.99. The van der Waals surface area contributed by atoms with Crippen LogP contribution in [0.4, 0.5) is 4.39 Å². The van der Waals surface area contributed by atoms with Crippen molar-refractivity contribution < 1.29 is 28.2 Å². The SMILES string of the molecule is COC(=O)c1ccc(COc2ccccc2/C=N/NC(=O)CNC(=O)c2ccc(F)cc2)cc1. The van der Waals surface area contributed by atoms with Crippen LogP contribution in [-0.4, -0.2) is 37.7 Å². The third-order valence-corrected chi connectivity index (χ3v) is 4.60. The fourth-order valence-corrected chi connectivity index (χ4v) is 2.81. The van der Waals surface area contributed by atoms with Gasteiger partial charge in [-0.1, -0.05) is 24.3 Å².